The summed E-state index contributed by atoms with van der Waals surface area (Å²) >= 11 is 0. The van der Waals surface area contributed by atoms with E-state index in [1.807, 2.05) is 0 Å². The fourth-order valence-corrected chi connectivity index (χ4v) is 4.62. The zero-order chi connectivity index (χ0) is 27.2. The second-order valence-corrected chi connectivity index (χ2v) is 9.27. The molecule has 0 aliphatic heterocycles. The minimum absolute atomic E-state index is 0.0257. The number of halogens is 5. The Hall–Kier alpha value is -3.76. The Labute approximate surface area is 218 Å². The third-order valence-electron chi connectivity index (χ3n) is 6.67. The van der Waals surface area contributed by atoms with Crippen molar-refractivity contribution in [2.45, 2.75) is 38.5 Å². The molecule has 4 aromatic carbocycles. The monoisotopic (exact) mass is 523 g/mol. The first-order valence-corrected chi connectivity index (χ1v) is 12.3. The Balaban J connectivity index is 1.45. The van der Waals surface area contributed by atoms with Gasteiger partial charge in [0.1, 0.15) is 40.7 Å². The lowest BCUT2D eigenvalue weighted by Crippen LogP contribution is -2.02. The van der Waals surface area contributed by atoms with Crippen molar-refractivity contribution in [3.05, 3.63) is 117 Å². The Kier molecular flexibility index (Phi) is 8.75. The maximum Gasteiger partial charge on any atom is 0.144 e. The van der Waals surface area contributed by atoms with Crippen LogP contribution in [0.1, 0.15) is 39.8 Å². The summed E-state index contributed by atoms with van der Waals surface area (Å²) in [6.45, 7) is 0.520. The minimum atomic E-state index is -0.938. The van der Waals surface area contributed by atoms with Crippen molar-refractivity contribution >= 4 is 10.8 Å². The van der Waals surface area contributed by atoms with Crippen molar-refractivity contribution in [2.75, 3.05) is 13.7 Å². The summed E-state index contributed by atoms with van der Waals surface area (Å²) in [6.07, 6.45) is 2.17. The molecule has 196 valence electrons. The first-order valence-electron chi connectivity index (χ1n) is 12.3. The lowest BCUT2D eigenvalue weighted by atomic mass is 9.96. The van der Waals surface area contributed by atoms with E-state index < -0.39 is 34.6 Å². The number of nitriles is 1. The Bertz CT molecular complexity index is 1460. The molecule has 0 amide bonds. The predicted molar refractivity (Wildman–Crippen MR) is 136 cm³/mol. The van der Waals surface area contributed by atoms with Gasteiger partial charge >= 0.3 is 0 Å². The first kappa shape index (κ1) is 27.3. The van der Waals surface area contributed by atoms with E-state index in [1.54, 1.807) is 37.4 Å². The highest BCUT2D eigenvalue weighted by atomic mass is 19.1. The molecule has 0 heterocycles. The van der Waals surface area contributed by atoms with E-state index in [-0.39, 0.29) is 24.8 Å². The van der Waals surface area contributed by atoms with E-state index in [4.69, 9.17) is 10.00 Å². The van der Waals surface area contributed by atoms with Gasteiger partial charge in [0, 0.05) is 24.7 Å². The number of aryl methyl sites for hydroxylation is 4. The topological polar surface area (TPSA) is 33.0 Å². The van der Waals surface area contributed by atoms with Crippen LogP contribution in [0, 0.1) is 40.4 Å². The van der Waals surface area contributed by atoms with Crippen LogP contribution in [0.4, 0.5) is 22.0 Å². The highest BCUT2D eigenvalue weighted by Crippen LogP contribution is 2.26. The molecule has 0 aliphatic rings. The van der Waals surface area contributed by atoms with Gasteiger partial charge < -0.3 is 4.74 Å². The van der Waals surface area contributed by atoms with Gasteiger partial charge in [0.25, 0.3) is 0 Å². The van der Waals surface area contributed by atoms with E-state index in [1.165, 1.54) is 18.2 Å². The summed E-state index contributed by atoms with van der Waals surface area (Å²) in [5.74, 6) is -3.45. The molecular formula is C31H26F5NO. The quantitative estimate of drug-likeness (QED) is 0.159. The lowest BCUT2D eigenvalue weighted by molar-refractivity contribution is 0.195. The van der Waals surface area contributed by atoms with Crippen molar-refractivity contribution in [2.24, 2.45) is 0 Å². The number of benzene rings is 4. The van der Waals surface area contributed by atoms with Crippen LogP contribution in [0.3, 0.4) is 0 Å². The van der Waals surface area contributed by atoms with E-state index in [0.717, 1.165) is 17.7 Å². The summed E-state index contributed by atoms with van der Waals surface area (Å²) in [6, 6.07) is 14.9. The third-order valence-corrected chi connectivity index (χ3v) is 6.67. The number of nitrogens with zero attached hydrogens (tertiary/aromatic N) is 1. The summed E-state index contributed by atoms with van der Waals surface area (Å²) in [5, 5.41) is 9.83. The Morgan fingerprint density at radius 1 is 0.684 bits per heavy atom. The Morgan fingerprint density at radius 2 is 1.32 bits per heavy atom. The molecule has 0 fully saturated rings. The molecule has 7 heteroatoms. The standard InChI is InChI=1S/C31H26F5NO/c1-38-12-2-3-20-14-27(32)25(28(33)15-20)11-6-19-5-10-24-23(13-19)9-8-22(31(24)36)7-4-21-16-29(34)26(18-37)30(35)17-21/h5,8-10,13-17H,2-4,6-7,11-12H2,1H3. The van der Waals surface area contributed by atoms with Crippen molar-refractivity contribution in [3.63, 3.8) is 0 Å². The van der Waals surface area contributed by atoms with Crippen molar-refractivity contribution in [1.82, 2.24) is 0 Å². The van der Waals surface area contributed by atoms with E-state index >= 15 is 4.39 Å². The van der Waals surface area contributed by atoms with Gasteiger partial charge in [-0.25, -0.2) is 22.0 Å². The third kappa shape index (κ3) is 6.20. The van der Waals surface area contributed by atoms with Gasteiger partial charge in [0.05, 0.1) is 0 Å². The molecule has 4 rings (SSSR count). The molecule has 2 nitrogen and oxygen atoms in total. The minimum Gasteiger partial charge on any atom is -0.385 e. The van der Waals surface area contributed by atoms with Gasteiger partial charge in [-0.2, -0.15) is 5.26 Å². The average molecular weight is 524 g/mol. The molecule has 0 saturated carbocycles. The molecule has 4 aromatic rings. The predicted octanol–water partition coefficient (Wildman–Crippen LogP) is 7.56. The van der Waals surface area contributed by atoms with Crippen LogP contribution in [-0.4, -0.2) is 13.7 Å². The van der Waals surface area contributed by atoms with Crippen LogP contribution >= 0.6 is 0 Å². The number of ether oxygens (including phenoxy) is 1. The van der Waals surface area contributed by atoms with Crippen LogP contribution in [-0.2, 0) is 36.8 Å². The number of methoxy groups -OCH3 is 1. The zero-order valence-corrected chi connectivity index (χ0v) is 20.9. The first-order chi connectivity index (χ1) is 18.3. The smallest absolute Gasteiger partial charge is 0.144 e. The zero-order valence-electron chi connectivity index (χ0n) is 20.9. The van der Waals surface area contributed by atoms with Crippen molar-refractivity contribution in [1.29, 1.82) is 5.26 Å². The van der Waals surface area contributed by atoms with Crippen LogP contribution in [0.2, 0.25) is 0 Å². The molecule has 0 N–H and O–H groups in total. The average Bonchev–Trinajstić information content (AvgIpc) is 2.88. The molecule has 0 spiro atoms. The molecule has 0 aromatic heterocycles. The van der Waals surface area contributed by atoms with E-state index in [2.05, 4.69) is 0 Å². The summed E-state index contributed by atoms with van der Waals surface area (Å²) in [5.41, 5.74) is 1.52. The van der Waals surface area contributed by atoms with E-state index in [9.17, 15) is 17.6 Å². The molecule has 0 saturated heterocycles. The number of rotatable bonds is 10. The summed E-state index contributed by atoms with van der Waals surface area (Å²) in [4.78, 5) is 0. The van der Waals surface area contributed by atoms with Crippen LogP contribution in [0.5, 0.6) is 0 Å². The lowest BCUT2D eigenvalue weighted by Gasteiger charge is -2.11. The van der Waals surface area contributed by atoms with Gasteiger partial charge in [-0.15, -0.1) is 0 Å². The SMILES string of the molecule is COCCCc1cc(F)c(CCc2ccc3c(F)c(CCc4cc(F)c(C#N)c(F)c4)ccc3c2)c(F)c1. The van der Waals surface area contributed by atoms with E-state index in [0.29, 0.717) is 53.3 Å². The Morgan fingerprint density at radius 3 is 1.97 bits per heavy atom. The normalized spacial score (nSPS) is 11.2. The summed E-state index contributed by atoms with van der Waals surface area (Å²) in [7, 11) is 1.58. The maximum absolute atomic E-state index is 15.2. The highest BCUT2D eigenvalue weighted by Gasteiger charge is 2.14. The number of hydrogen-bond acceptors (Lipinski definition) is 2. The van der Waals surface area contributed by atoms with Crippen molar-refractivity contribution in [3.8, 4) is 6.07 Å². The van der Waals surface area contributed by atoms with Crippen LogP contribution in [0.15, 0.2) is 54.6 Å². The van der Waals surface area contributed by atoms with Crippen molar-refractivity contribution < 1.29 is 26.7 Å². The molecule has 38 heavy (non-hydrogen) atoms. The van der Waals surface area contributed by atoms with Crippen LogP contribution in [0.25, 0.3) is 10.8 Å². The molecule has 0 aliphatic carbocycles. The number of hydrogen-bond donors (Lipinski definition) is 0. The largest absolute Gasteiger partial charge is 0.385 e. The maximum atomic E-state index is 15.2. The molecule has 0 radical (unpaired) electrons. The fraction of sp³-hybridized carbons (Fsp3) is 0.258. The molecule has 0 unspecified atom stereocenters. The van der Waals surface area contributed by atoms with Gasteiger partial charge in [0.2, 0.25) is 0 Å². The summed E-state index contributed by atoms with van der Waals surface area (Å²) < 4.78 is 77.1. The van der Waals surface area contributed by atoms with Gasteiger partial charge in [-0.1, -0.05) is 30.3 Å². The second-order valence-electron chi connectivity index (χ2n) is 9.27. The second kappa shape index (κ2) is 12.2. The van der Waals surface area contributed by atoms with Gasteiger partial charge in [-0.3, -0.25) is 0 Å². The van der Waals surface area contributed by atoms with Gasteiger partial charge in [0.15, 0.2) is 0 Å². The molecule has 0 atom stereocenters. The number of fused-ring (bicyclic) bond motifs is 1. The molecular weight excluding hydrogens is 497 g/mol. The molecule has 0 bridgehead atoms. The highest BCUT2D eigenvalue weighted by molar-refractivity contribution is 5.84. The van der Waals surface area contributed by atoms with Gasteiger partial charge in [-0.05, 0) is 90.4 Å². The fourth-order valence-electron chi connectivity index (χ4n) is 4.62. The van der Waals surface area contributed by atoms with Crippen LogP contribution < -0.4 is 0 Å².